The zero-order valence-corrected chi connectivity index (χ0v) is 22.9. The van der Waals surface area contributed by atoms with Gasteiger partial charge in [0.25, 0.3) is 0 Å². The summed E-state index contributed by atoms with van der Waals surface area (Å²) in [5, 5.41) is 3.51. The Morgan fingerprint density at radius 3 is 2.48 bits per heavy atom. The Labute approximate surface area is 234 Å². The van der Waals surface area contributed by atoms with Crippen LogP contribution in [0.25, 0.3) is 10.2 Å². The topological polar surface area (TPSA) is 108 Å². The van der Waals surface area contributed by atoms with Crippen molar-refractivity contribution in [3.63, 3.8) is 0 Å². The predicted molar refractivity (Wildman–Crippen MR) is 150 cm³/mol. The van der Waals surface area contributed by atoms with E-state index in [9.17, 15) is 9.59 Å². The van der Waals surface area contributed by atoms with E-state index in [4.69, 9.17) is 23.7 Å². The average molecular weight is 562 g/mol. The van der Waals surface area contributed by atoms with Crippen LogP contribution in [0.15, 0.2) is 54.6 Å². The molecule has 2 aliphatic rings. The number of fused-ring (bicyclic) bond motifs is 2. The predicted octanol–water partition coefficient (Wildman–Crippen LogP) is 5.17. The molecule has 2 aliphatic heterocycles. The van der Waals surface area contributed by atoms with Crippen molar-refractivity contribution in [3.05, 3.63) is 60.2 Å². The van der Waals surface area contributed by atoms with Crippen molar-refractivity contribution < 1.29 is 33.3 Å². The monoisotopic (exact) mass is 561 g/mol. The van der Waals surface area contributed by atoms with Gasteiger partial charge in [-0.25, -0.2) is 4.98 Å². The standard InChI is InChI=1S/C29H27N3O7S/c1-35-22-12-16(13-23(36-2)27(22)37-3)26-18(28(34)31-29-30-19-6-4-5-7-24(19)40-29)9-11-25(33)32(26)17-8-10-20-21(14-17)39-15-38-20/h4-8,10,12-14,18,26H,9,11,15H2,1-3H3,(H,30,31,34)/t18-,26-/m1/s1. The molecule has 1 fully saturated rings. The van der Waals surface area contributed by atoms with E-state index >= 15 is 0 Å². The molecule has 0 radical (unpaired) electrons. The number of aromatic nitrogens is 1. The Hall–Kier alpha value is -4.51. The normalized spacial score (nSPS) is 18.1. The molecular weight excluding hydrogens is 534 g/mol. The lowest BCUT2D eigenvalue weighted by molar-refractivity contribution is -0.125. The summed E-state index contributed by atoms with van der Waals surface area (Å²) in [5.41, 5.74) is 2.06. The van der Waals surface area contributed by atoms with Gasteiger partial charge >= 0.3 is 0 Å². The van der Waals surface area contributed by atoms with Gasteiger partial charge in [-0.1, -0.05) is 23.5 Å². The Kier molecular flexibility index (Phi) is 6.81. The molecule has 206 valence electrons. The lowest BCUT2D eigenvalue weighted by atomic mass is 9.83. The van der Waals surface area contributed by atoms with Gasteiger partial charge in [0.15, 0.2) is 28.1 Å². The number of amides is 2. The summed E-state index contributed by atoms with van der Waals surface area (Å²) in [5.74, 6) is 1.42. The highest BCUT2D eigenvalue weighted by molar-refractivity contribution is 7.22. The maximum Gasteiger partial charge on any atom is 0.231 e. The molecule has 0 aliphatic carbocycles. The smallest absolute Gasteiger partial charge is 0.231 e. The number of carbonyl (C=O) groups excluding carboxylic acids is 2. The molecule has 0 unspecified atom stereocenters. The van der Waals surface area contributed by atoms with E-state index in [0.29, 0.717) is 51.6 Å². The van der Waals surface area contributed by atoms with E-state index in [2.05, 4.69) is 10.3 Å². The van der Waals surface area contributed by atoms with Crippen molar-refractivity contribution in [1.29, 1.82) is 0 Å². The largest absolute Gasteiger partial charge is 0.493 e. The Bertz CT molecular complexity index is 1550. The number of piperidine rings is 1. The molecule has 10 nitrogen and oxygen atoms in total. The van der Waals surface area contributed by atoms with Gasteiger partial charge in [0.05, 0.1) is 43.5 Å². The maximum absolute atomic E-state index is 13.9. The second-order valence-corrected chi connectivity index (χ2v) is 10.4. The number of ether oxygens (including phenoxy) is 5. The summed E-state index contributed by atoms with van der Waals surface area (Å²) in [7, 11) is 4.58. The Morgan fingerprint density at radius 2 is 1.75 bits per heavy atom. The Balaban J connectivity index is 1.45. The van der Waals surface area contributed by atoms with Crippen LogP contribution in [0.5, 0.6) is 28.7 Å². The van der Waals surface area contributed by atoms with Crippen LogP contribution in [0.3, 0.4) is 0 Å². The van der Waals surface area contributed by atoms with E-state index in [1.165, 1.54) is 32.7 Å². The summed E-state index contributed by atoms with van der Waals surface area (Å²) in [6.07, 6.45) is 0.533. The van der Waals surface area contributed by atoms with Crippen molar-refractivity contribution >= 4 is 44.2 Å². The first kappa shape index (κ1) is 25.8. The minimum absolute atomic E-state index is 0.107. The summed E-state index contributed by atoms with van der Waals surface area (Å²) < 4.78 is 28.8. The number of carbonyl (C=O) groups is 2. The number of hydrogen-bond acceptors (Lipinski definition) is 9. The van der Waals surface area contributed by atoms with Crippen molar-refractivity contribution in [2.24, 2.45) is 5.92 Å². The SMILES string of the molecule is COc1cc([C@@H]2[C@H](C(=O)Nc3nc4ccccc4s3)CCC(=O)N2c2ccc3c(c2)OCO3)cc(OC)c1OC. The number of thiazole rings is 1. The summed E-state index contributed by atoms with van der Waals surface area (Å²) in [4.78, 5) is 33.7. The van der Waals surface area contributed by atoms with Crippen LogP contribution in [0, 0.1) is 5.92 Å². The zero-order valence-electron chi connectivity index (χ0n) is 22.1. The molecular formula is C29H27N3O7S. The number of benzene rings is 3. The lowest BCUT2D eigenvalue weighted by Gasteiger charge is -2.41. The molecule has 3 aromatic carbocycles. The molecule has 4 aromatic rings. The highest BCUT2D eigenvalue weighted by atomic mass is 32.1. The number of hydrogen-bond donors (Lipinski definition) is 1. The van der Waals surface area contributed by atoms with E-state index < -0.39 is 12.0 Å². The third-order valence-corrected chi connectivity index (χ3v) is 8.07. The van der Waals surface area contributed by atoms with Crippen LogP contribution in [0.2, 0.25) is 0 Å². The number of para-hydroxylation sites is 1. The first-order valence-electron chi connectivity index (χ1n) is 12.7. The van der Waals surface area contributed by atoms with Crippen LogP contribution in [0.1, 0.15) is 24.4 Å². The average Bonchev–Trinajstić information content (AvgIpc) is 3.62. The zero-order chi connectivity index (χ0) is 27.8. The molecule has 3 heterocycles. The maximum atomic E-state index is 13.9. The summed E-state index contributed by atoms with van der Waals surface area (Å²) >= 11 is 1.40. The lowest BCUT2D eigenvalue weighted by Crippen LogP contribution is -2.47. The first-order chi connectivity index (χ1) is 19.5. The van der Waals surface area contributed by atoms with Crippen LogP contribution >= 0.6 is 11.3 Å². The van der Waals surface area contributed by atoms with Crippen LogP contribution in [-0.4, -0.2) is 44.9 Å². The molecule has 1 aromatic heterocycles. The minimum atomic E-state index is -0.690. The molecule has 11 heteroatoms. The van der Waals surface area contributed by atoms with Gasteiger partial charge < -0.3 is 33.9 Å². The van der Waals surface area contributed by atoms with Gasteiger partial charge in [0.2, 0.25) is 24.4 Å². The molecule has 0 spiro atoms. The van der Waals surface area contributed by atoms with Gasteiger partial charge in [-0.3, -0.25) is 9.59 Å². The van der Waals surface area contributed by atoms with E-state index in [0.717, 1.165) is 10.2 Å². The molecule has 40 heavy (non-hydrogen) atoms. The van der Waals surface area contributed by atoms with Crippen LogP contribution in [0.4, 0.5) is 10.8 Å². The van der Waals surface area contributed by atoms with E-state index in [-0.39, 0.29) is 25.0 Å². The third-order valence-electron chi connectivity index (χ3n) is 7.12. The van der Waals surface area contributed by atoms with Gasteiger partial charge in [-0.2, -0.15) is 0 Å². The number of nitrogens with one attached hydrogen (secondary N) is 1. The molecule has 2 amide bonds. The first-order valence-corrected chi connectivity index (χ1v) is 13.5. The summed E-state index contributed by atoms with van der Waals surface area (Å²) in [6.45, 7) is 0.107. The fourth-order valence-corrected chi connectivity index (χ4v) is 6.15. The van der Waals surface area contributed by atoms with Crippen molar-refractivity contribution in [3.8, 4) is 28.7 Å². The van der Waals surface area contributed by atoms with E-state index in [1.54, 1.807) is 35.2 Å². The molecule has 0 saturated carbocycles. The summed E-state index contributed by atoms with van der Waals surface area (Å²) in [6, 6.07) is 15.9. The fraction of sp³-hybridized carbons (Fsp3) is 0.276. The minimum Gasteiger partial charge on any atom is -0.493 e. The number of nitrogens with zero attached hydrogens (tertiary/aromatic N) is 2. The van der Waals surface area contributed by atoms with Crippen molar-refractivity contribution in [1.82, 2.24) is 4.98 Å². The fourth-order valence-electron chi connectivity index (χ4n) is 5.28. The highest BCUT2D eigenvalue weighted by Gasteiger charge is 2.43. The quantitative estimate of drug-likeness (QED) is 0.329. The third kappa shape index (κ3) is 4.51. The number of methoxy groups -OCH3 is 3. The van der Waals surface area contributed by atoms with Gasteiger partial charge in [-0.05, 0) is 48.4 Å². The molecule has 6 rings (SSSR count). The molecule has 0 bridgehead atoms. The molecule has 1 N–H and O–H groups in total. The van der Waals surface area contributed by atoms with Gasteiger partial charge in [-0.15, -0.1) is 0 Å². The van der Waals surface area contributed by atoms with Crippen molar-refractivity contribution in [2.45, 2.75) is 18.9 Å². The van der Waals surface area contributed by atoms with E-state index in [1.807, 2.05) is 24.3 Å². The van der Waals surface area contributed by atoms with Crippen LogP contribution < -0.4 is 33.9 Å². The van der Waals surface area contributed by atoms with Gasteiger partial charge in [0.1, 0.15) is 0 Å². The number of rotatable bonds is 7. The molecule has 2 atom stereocenters. The second-order valence-electron chi connectivity index (χ2n) is 9.33. The number of anilines is 2. The van der Waals surface area contributed by atoms with Crippen LogP contribution in [-0.2, 0) is 9.59 Å². The molecule has 1 saturated heterocycles. The second kappa shape index (κ2) is 10.6. The Morgan fingerprint density at radius 1 is 1.00 bits per heavy atom. The highest BCUT2D eigenvalue weighted by Crippen LogP contribution is 2.47. The van der Waals surface area contributed by atoms with Gasteiger partial charge in [0, 0.05) is 18.2 Å². The van der Waals surface area contributed by atoms with Crippen molar-refractivity contribution in [2.75, 3.05) is 38.3 Å².